The molecule has 4 aromatic heterocycles. The molecule has 0 spiro atoms. The Balaban J connectivity index is 0.000000189. The fourth-order valence-corrected chi connectivity index (χ4v) is 10.4. The first-order valence-electron chi connectivity index (χ1n) is 27.3. The highest BCUT2D eigenvalue weighted by atomic mass is 35.5. The number of methoxy groups -OCH3 is 1. The molecule has 0 saturated carbocycles. The Morgan fingerprint density at radius 3 is 1.85 bits per heavy atom. The van der Waals surface area contributed by atoms with Crippen molar-refractivity contribution in [1.29, 1.82) is 0 Å². The number of carbonyl (C=O) groups excluding carboxylic acids is 6. The number of hydrogen-bond acceptors (Lipinski definition) is 13. The monoisotopic (exact) mass is 1240 g/mol. The molecule has 7 heterocycles. The van der Waals surface area contributed by atoms with Crippen LogP contribution in [0.25, 0.3) is 11.1 Å². The highest BCUT2D eigenvalue weighted by Gasteiger charge is 2.38. The lowest BCUT2D eigenvalue weighted by atomic mass is 9.95. The van der Waals surface area contributed by atoms with Crippen molar-refractivity contribution in [3.8, 4) is 28.4 Å². The minimum Gasteiger partial charge on any atom is -0.495 e. The van der Waals surface area contributed by atoms with Crippen molar-refractivity contribution < 1.29 is 56.1 Å². The molecule has 24 heteroatoms. The smallest absolute Gasteiger partial charge is 0.417 e. The van der Waals surface area contributed by atoms with Crippen molar-refractivity contribution in [2.75, 3.05) is 35.2 Å². The van der Waals surface area contributed by atoms with Gasteiger partial charge in [0.05, 0.1) is 41.4 Å². The fourth-order valence-electron chi connectivity index (χ4n) is 10.1. The van der Waals surface area contributed by atoms with Crippen LogP contribution < -0.4 is 35.5 Å². The molecule has 0 fully saturated rings. The first-order valence-corrected chi connectivity index (χ1v) is 28.1. The Morgan fingerprint density at radius 1 is 0.607 bits per heavy atom. The van der Waals surface area contributed by atoms with Gasteiger partial charge in [0.25, 0.3) is 23.6 Å². The van der Waals surface area contributed by atoms with Gasteiger partial charge in [-0.2, -0.15) is 13.2 Å². The predicted molar refractivity (Wildman–Crippen MR) is 324 cm³/mol. The van der Waals surface area contributed by atoms with Crippen LogP contribution >= 0.6 is 23.2 Å². The van der Waals surface area contributed by atoms with E-state index in [0.29, 0.717) is 78.5 Å². The van der Waals surface area contributed by atoms with Crippen LogP contribution in [-0.2, 0) is 41.7 Å². The van der Waals surface area contributed by atoms with Gasteiger partial charge in [0.1, 0.15) is 29.5 Å². The lowest BCUT2D eigenvalue weighted by Crippen LogP contribution is -2.46. The first kappa shape index (κ1) is 60.0. The van der Waals surface area contributed by atoms with Crippen LogP contribution in [0.15, 0.2) is 183 Å². The van der Waals surface area contributed by atoms with Gasteiger partial charge in [0.2, 0.25) is 18.6 Å². The summed E-state index contributed by atoms with van der Waals surface area (Å²) in [5.41, 5.74) is 4.62. The summed E-state index contributed by atoms with van der Waals surface area (Å²) < 4.78 is 55.3. The normalized spacial score (nSPS) is 15.0. The number of halogens is 5. The summed E-state index contributed by atoms with van der Waals surface area (Å²) in [5, 5.41) is 11.8. The molecule has 448 valence electrons. The maximum absolute atomic E-state index is 14.1. The van der Waals surface area contributed by atoms with E-state index in [1.54, 1.807) is 151 Å². The van der Waals surface area contributed by atoms with Crippen molar-refractivity contribution in [3.63, 3.8) is 0 Å². The van der Waals surface area contributed by atoms with Crippen molar-refractivity contribution in [2.24, 2.45) is 0 Å². The largest absolute Gasteiger partial charge is 0.495 e. The maximum Gasteiger partial charge on any atom is 0.417 e. The number of nitrogens with one attached hydrogen (secondary N) is 4. The average Bonchev–Trinajstić information content (AvgIpc) is 2.50. The summed E-state index contributed by atoms with van der Waals surface area (Å²) in [6.07, 6.45) is 2.90. The Morgan fingerprint density at radius 2 is 1.25 bits per heavy atom. The van der Waals surface area contributed by atoms with Crippen LogP contribution in [0.4, 0.5) is 36.2 Å². The number of pyridine rings is 4. The Kier molecular flexibility index (Phi) is 17.6. The van der Waals surface area contributed by atoms with Crippen LogP contribution in [0.1, 0.15) is 69.4 Å². The second-order valence-corrected chi connectivity index (χ2v) is 21.3. The molecule has 3 aliphatic rings. The predicted octanol–water partition coefficient (Wildman–Crippen LogP) is 11.6. The SMILES string of the molecule is COc1ccc(NC(=O)c2ccc(CN3C(=O)c4ccc(Cl)cc4NC(=O)C3Cc3cccnc3)cc2)nc1.O=C(Nc1ccc(C(F)(F)F)cn1)c1ccc(CN2C(=O)c3ccc(Cl)cc3NC(=O)C2Cc2ccccn2)cc1-c1ccc2c(c1)OCO2. The molecule has 0 aliphatic carbocycles. The van der Waals surface area contributed by atoms with Gasteiger partial charge in [-0.15, -0.1) is 0 Å². The van der Waals surface area contributed by atoms with Crippen LogP contribution in [0, 0.1) is 0 Å². The van der Waals surface area contributed by atoms with Crippen molar-refractivity contribution in [1.82, 2.24) is 29.7 Å². The van der Waals surface area contributed by atoms with E-state index in [9.17, 15) is 41.9 Å². The van der Waals surface area contributed by atoms with Crippen LogP contribution in [-0.4, -0.2) is 91.2 Å². The summed E-state index contributed by atoms with van der Waals surface area (Å²) in [4.78, 5) is 101. The molecule has 89 heavy (non-hydrogen) atoms. The summed E-state index contributed by atoms with van der Waals surface area (Å²) in [7, 11) is 1.54. The number of carbonyl (C=O) groups is 6. The van der Waals surface area contributed by atoms with E-state index in [0.717, 1.165) is 23.3 Å². The number of benzene rings is 5. The van der Waals surface area contributed by atoms with Crippen LogP contribution in [0.5, 0.6) is 17.2 Å². The van der Waals surface area contributed by atoms with Crippen molar-refractivity contribution in [2.45, 2.75) is 44.2 Å². The van der Waals surface area contributed by atoms with Gasteiger partial charge in [-0.25, -0.2) is 9.97 Å². The first-order chi connectivity index (χ1) is 42.9. The molecular formula is C65H49Cl2F3N10O9. The maximum atomic E-state index is 14.1. The zero-order valence-electron chi connectivity index (χ0n) is 46.8. The van der Waals surface area contributed by atoms with E-state index in [1.165, 1.54) is 24.3 Å². The number of anilines is 4. The number of aromatic nitrogens is 4. The van der Waals surface area contributed by atoms with Gasteiger partial charge in [0.15, 0.2) is 11.5 Å². The number of rotatable bonds is 14. The number of nitrogens with zero attached hydrogens (tertiary/aromatic N) is 6. The lowest BCUT2D eigenvalue weighted by molar-refractivity contribution is -0.137. The molecular weight excluding hydrogens is 1190 g/mol. The van der Waals surface area contributed by atoms with E-state index < -0.39 is 41.5 Å². The van der Waals surface area contributed by atoms with Crippen molar-refractivity contribution >= 4 is 81.7 Å². The Hall–Kier alpha value is -10.7. The zero-order chi connectivity index (χ0) is 62.3. The Bertz CT molecular complexity index is 4170. The van der Waals surface area contributed by atoms with E-state index in [4.69, 9.17) is 37.4 Å². The topological polar surface area (TPSA) is 236 Å². The summed E-state index contributed by atoms with van der Waals surface area (Å²) >= 11 is 12.3. The minimum absolute atomic E-state index is 0.0231. The molecule has 9 aromatic rings. The molecule has 2 atom stereocenters. The summed E-state index contributed by atoms with van der Waals surface area (Å²) in [5.74, 6) is -0.582. The summed E-state index contributed by atoms with van der Waals surface area (Å²) in [6.45, 7) is 0.141. The van der Waals surface area contributed by atoms with Crippen molar-refractivity contribution in [3.05, 3.63) is 243 Å². The van der Waals surface area contributed by atoms with Gasteiger partial charge in [-0.3, -0.25) is 38.7 Å². The third-order valence-electron chi connectivity index (χ3n) is 14.6. The second-order valence-electron chi connectivity index (χ2n) is 20.4. The Labute approximate surface area is 515 Å². The number of fused-ring (bicyclic) bond motifs is 3. The average molecular weight is 1240 g/mol. The summed E-state index contributed by atoms with van der Waals surface area (Å²) in [6, 6.07) is 38.7. The minimum atomic E-state index is -4.58. The highest BCUT2D eigenvalue weighted by Crippen LogP contribution is 2.39. The van der Waals surface area contributed by atoms with Gasteiger partial charge in [0, 0.05) is 77.6 Å². The molecule has 12 rings (SSSR count). The van der Waals surface area contributed by atoms with Gasteiger partial charge < -0.3 is 45.3 Å². The van der Waals surface area contributed by atoms with E-state index in [1.807, 2.05) is 6.07 Å². The third kappa shape index (κ3) is 13.9. The number of ether oxygens (including phenoxy) is 3. The zero-order valence-corrected chi connectivity index (χ0v) is 48.3. The van der Waals surface area contributed by atoms with Gasteiger partial charge >= 0.3 is 6.18 Å². The molecule has 4 N–H and O–H groups in total. The highest BCUT2D eigenvalue weighted by molar-refractivity contribution is 6.31. The van der Waals surface area contributed by atoms with E-state index >= 15 is 0 Å². The molecule has 0 saturated heterocycles. The quantitative estimate of drug-likeness (QED) is 0.0794. The number of hydrogen-bond donors (Lipinski definition) is 4. The molecule has 19 nitrogen and oxygen atoms in total. The second kappa shape index (κ2) is 26.1. The molecule has 0 radical (unpaired) electrons. The molecule has 6 amide bonds. The van der Waals surface area contributed by atoms with Gasteiger partial charge in [-0.05, 0) is 143 Å². The standard InChI is InChI=1S/C36H25ClF3N5O5.C29H24ClN5O4/c37-23-7-9-26-28(15-23)43-34(47)29(16-24-3-1-2-12-41-24)45(35(26)48)18-20-4-8-25(27(13-20)21-5-10-30-31(14-21)50-19-49-30)33(46)44-32-11-6-22(17-42-32)36(38,39)40;1-39-22-9-11-26(32-16-22)34-27(36)20-6-4-18(5-7-20)17-35-25(13-19-3-2-12-31-15-19)28(37)33-24-14-21(30)8-10-23(24)29(35)38/h1-15,17,29H,16,18-19H2,(H,43,47)(H,42,44,46);2-12,14-16,25H,13,17H2,1H3,(H,33,37)(H,32,34,36). The van der Waals surface area contributed by atoms with Crippen LogP contribution in [0.3, 0.4) is 0 Å². The lowest BCUT2D eigenvalue weighted by Gasteiger charge is -2.29. The van der Waals surface area contributed by atoms with E-state index in [2.05, 4.69) is 41.2 Å². The number of alkyl halides is 3. The third-order valence-corrected chi connectivity index (χ3v) is 15.1. The van der Waals surface area contributed by atoms with Crippen LogP contribution in [0.2, 0.25) is 10.0 Å². The fraction of sp³-hybridized carbons (Fsp3) is 0.138. The number of amides is 6. The van der Waals surface area contributed by atoms with E-state index in [-0.39, 0.29) is 73.1 Å². The molecule has 3 aliphatic heterocycles. The molecule has 2 unspecified atom stereocenters. The van der Waals surface area contributed by atoms with Gasteiger partial charge in [-0.1, -0.05) is 59.6 Å². The molecule has 0 bridgehead atoms. The molecule has 5 aromatic carbocycles.